The van der Waals surface area contributed by atoms with Gasteiger partial charge in [-0.15, -0.1) is 5.10 Å². The molecule has 8 nitrogen and oxygen atoms in total. The number of carbonyl (C=O) groups excluding carboxylic acids is 2. The van der Waals surface area contributed by atoms with E-state index in [1.165, 1.54) is 23.9 Å². The van der Waals surface area contributed by atoms with E-state index in [9.17, 15) is 22.8 Å². The lowest BCUT2D eigenvalue weighted by Gasteiger charge is -2.45. The highest BCUT2D eigenvalue weighted by atomic mass is 19.4. The molecule has 0 saturated carbocycles. The fourth-order valence-corrected chi connectivity index (χ4v) is 6.11. The molecule has 1 aromatic heterocycles. The standard InChI is InChI=1S/C26H33F3N6O2/c1-19(36)30-23-7-14-35(31-23)24(37)33-15-9-25(10-16-33)8-4-13-34(25)18-20-5-6-22(32-11-2-3-12-32)21(17-20)26(27,28)29/h5-7,14,17H,2-4,8-13,15-16,18H2,1H3,(H,30,31,36). The lowest BCUT2D eigenvalue weighted by molar-refractivity contribution is -0.137. The maximum atomic E-state index is 14.0. The van der Waals surface area contributed by atoms with Crippen molar-refractivity contribution < 1.29 is 22.8 Å². The first-order valence-corrected chi connectivity index (χ1v) is 13.0. The average molecular weight is 519 g/mol. The van der Waals surface area contributed by atoms with Gasteiger partial charge >= 0.3 is 12.2 Å². The molecule has 11 heteroatoms. The summed E-state index contributed by atoms with van der Waals surface area (Å²) in [6.07, 6.45) is 2.47. The van der Waals surface area contributed by atoms with Crippen molar-refractivity contribution in [2.45, 2.75) is 63.7 Å². The summed E-state index contributed by atoms with van der Waals surface area (Å²) in [6.45, 7) is 5.11. The van der Waals surface area contributed by atoms with Crippen LogP contribution >= 0.6 is 0 Å². The zero-order valence-corrected chi connectivity index (χ0v) is 21.1. The molecule has 3 aliphatic heterocycles. The van der Waals surface area contributed by atoms with Gasteiger partial charge in [0.1, 0.15) is 0 Å². The SMILES string of the molecule is CC(=O)Nc1ccn(C(=O)N2CCC3(CCCN3Cc3ccc(N4CCCC4)c(C(F)(F)F)c3)CC2)n1. The molecule has 3 aliphatic rings. The maximum absolute atomic E-state index is 14.0. The van der Waals surface area contributed by atoms with Gasteiger partial charge in [0, 0.05) is 63.1 Å². The van der Waals surface area contributed by atoms with Crippen molar-refractivity contribution >= 4 is 23.4 Å². The van der Waals surface area contributed by atoms with Gasteiger partial charge in [-0.25, -0.2) is 4.79 Å². The number of hydrogen-bond acceptors (Lipinski definition) is 5. The van der Waals surface area contributed by atoms with Crippen molar-refractivity contribution in [2.24, 2.45) is 0 Å². The lowest BCUT2D eigenvalue weighted by atomic mass is 9.84. The van der Waals surface area contributed by atoms with Gasteiger partial charge < -0.3 is 15.1 Å². The summed E-state index contributed by atoms with van der Waals surface area (Å²) in [5, 5.41) is 6.70. The highest BCUT2D eigenvalue weighted by Crippen LogP contribution is 2.42. The monoisotopic (exact) mass is 518 g/mol. The van der Waals surface area contributed by atoms with E-state index in [0.717, 1.165) is 45.1 Å². The van der Waals surface area contributed by atoms with Crippen molar-refractivity contribution in [3.63, 3.8) is 0 Å². The van der Waals surface area contributed by atoms with Gasteiger partial charge in [-0.3, -0.25) is 9.69 Å². The van der Waals surface area contributed by atoms with E-state index in [1.807, 2.05) is 11.0 Å². The molecule has 5 rings (SSSR count). The minimum absolute atomic E-state index is 0.117. The molecule has 2 aromatic rings. The first kappa shape index (κ1) is 25.6. The highest BCUT2D eigenvalue weighted by molar-refractivity contribution is 5.88. The molecule has 2 amide bonds. The van der Waals surface area contributed by atoms with Gasteiger partial charge in [0.15, 0.2) is 5.82 Å². The van der Waals surface area contributed by atoms with Crippen molar-refractivity contribution in [3.05, 3.63) is 41.6 Å². The molecular formula is C26H33F3N6O2. The second-order valence-electron chi connectivity index (χ2n) is 10.4. The number of carbonyl (C=O) groups is 2. The number of piperidine rings is 1. The van der Waals surface area contributed by atoms with Crippen LogP contribution in [0, 0.1) is 0 Å². The van der Waals surface area contributed by atoms with Crippen LogP contribution in [-0.2, 0) is 17.5 Å². The smallest absolute Gasteiger partial charge is 0.371 e. The van der Waals surface area contributed by atoms with Crippen molar-refractivity contribution in [1.29, 1.82) is 0 Å². The first-order chi connectivity index (χ1) is 17.6. The number of nitrogens with zero attached hydrogens (tertiary/aromatic N) is 5. The Morgan fingerprint density at radius 1 is 1.00 bits per heavy atom. The van der Waals surface area contributed by atoms with E-state index >= 15 is 0 Å². The molecule has 37 heavy (non-hydrogen) atoms. The number of likely N-dealkylation sites (tertiary alicyclic amines) is 2. The van der Waals surface area contributed by atoms with Crippen LogP contribution in [0.4, 0.5) is 29.5 Å². The Morgan fingerprint density at radius 2 is 1.73 bits per heavy atom. The van der Waals surface area contributed by atoms with Crippen LogP contribution in [0.15, 0.2) is 30.5 Å². The molecule has 0 unspecified atom stereocenters. The van der Waals surface area contributed by atoms with Crippen LogP contribution in [0.25, 0.3) is 0 Å². The fraction of sp³-hybridized carbons (Fsp3) is 0.577. The van der Waals surface area contributed by atoms with E-state index in [-0.39, 0.29) is 23.2 Å². The Labute approximate surface area is 214 Å². The van der Waals surface area contributed by atoms with Gasteiger partial charge in [0.2, 0.25) is 5.91 Å². The second kappa shape index (κ2) is 10.00. The molecule has 3 saturated heterocycles. The molecule has 4 heterocycles. The molecule has 0 aliphatic carbocycles. The molecule has 200 valence electrons. The summed E-state index contributed by atoms with van der Waals surface area (Å²) in [6, 6.07) is 6.16. The van der Waals surface area contributed by atoms with Crippen molar-refractivity contribution in [1.82, 2.24) is 19.6 Å². The predicted octanol–water partition coefficient (Wildman–Crippen LogP) is 4.56. The number of rotatable bonds is 4. The van der Waals surface area contributed by atoms with Gasteiger partial charge in [0.25, 0.3) is 0 Å². The zero-order valence-electron chi connectivity index (χ0n) is 21.1. The number of benzene rings is 1. The molecule has 3 fully saturated rings. The van der Waals surface area contributed by atoms with Gasteiger partial charge in [0.05, 0.1) is 5.56 Å². The van der Waals surface area contributed by atoms with E-state index in [4.69, 9.17) is 0 Å². The Bertz CT molecular complexity index is 1150. The first-order valence-electron chi connectivity index (χ1n) is 13.0. The van der Waals surface area contributed by atoms with Crippen LogP contribution < -0.4 is 10.2 Å². The van der Waals surface area contributed by atoms with Crippen LogP contribution in [0.1, 0.15) is 56.6 Å². The fourth-order valence-electron chi connectivity index (χ4n) is 6.11. The summed E-state index contributed by atoms with van der Waals surface area (Å²) >= 11 is 0. The van der Waals surface area contributed by atoms with Crippen LogP contribution in [0.2, 0.25) is 0 Å². The number of anilines is 2. The Morgan fingerprint density at radius 3 is 2.41 bits per heavy atom. The lowest BCUT2D eigenvalue weighted by Crippen LogP contribution is -2.53. The van der Waals surface area contributed by atoms with E-state index < -0.39 is 11.7 Å². The summed E-state index contributed by atoms with van der Waals surface area (Å²) < 4.78 is 43.1. The summed E-state index contributed by atoms with van der Waals surface area (Å²) in [4.78, 5) is 30.1. The zero-order chi connectivity index (χ0) is 26.2. The summed E-state index contributed by atoms with van der Waals surface area (Å²) in [7, 11) is 0. The second-order valence-corrected chi connectivity index (χ2v) is 10.4. The normalized spacial score (nSPS) is 20.1. The van der Waals surface area contributed by atoms with Crippen molar-refractivity contribution in [2.75, 3.05) is 42.9 Å². The third-order valence-corrected chi connectivity index (χ3v) is 7.98. The topological polar surface area (TPSA) is 73.7 Å². The molecule has 1 N–H and O–H groups in total. The minimum Gasteiger partial charge on any atom is -0.371 e. The number of hydrogen-bond donors (Lipinski definition) is 1. The minimum atomic E-state index is -4.39. The van der Waals surface area contributed by atoms with Gasteiger partial charge in [-0.1, -0.05) is 6.07 Å². The van der Waals surface area contributed by atoms with Crippen LogP contribution in [0.5, 0.6) is 0 Å². The number of aromatic nitrogens is 2. The molecule has 1 aromatic carbocycles. The van der Waals surface area contributed by atoms with E-state index in [1.54, 1.807) is 17.0 Å². The maximum Gasteiger partial charge on any atom is 0.418 e. The van der Waals surface area contributed by atoms with E-state index in [2.05, 4.69) is 15.3 Å². The number of amides is 2. The summed E-state index contributed by atoms with van der Waals surface area (Å²) in [5.74, 6) is 0.0669. The highest BCUT2D eigenvalue weighted by Gasteiger charge is 2.44. The van der Waals surface area contributed by atoms with Gasteiger partial charge in [-0.05, 0) is 62.8 Å². The predicted molar refractivity (Wildman–Crippen MR) is 133 cm³/mol. The summed E-state index contributed by atoms with van der Waals surface area (Å²) in [5.41, 5.74) is 0.307. The third-order valence-electron chi connectivity index (χ3n) is 7.98. The molecule has 1 spiro atoms. The van der Waals surface area contributed by atoms with Crippen molar-refractivity contribution in [3.8, 4) is 0 Å². The molecule has 0 bridgehead atoms. The largest absolute Gasteiger partial charge is 0.418 e. The Kier molecular flexibility index (Phi) is 6.91. The average Bonchev–Trinajstić information content (AvgIpc) is 3.61. The third kappa shape index (κ3) is 5.32. The van der Waals surface area contributed by atoms with E-state index in [0.29, 0.717) is 44.1 Å². The Hall–Kier alpha value is -3.08. The number of nitrogens with one attached hydrogen (secondary N) is 1. The number of alkyl halides is 3. The molecule has 0 atom stereocenters. The Balaban J connectivity index is 1.26. The quantitative estimate of drug-likeness (QED) is 0.643. The molecule has 0 radical (unpaired) electrons. The molecular weight excluding hydrogens is 485 g/mol. The van der Waals surface area contributed by atoms with Crippen LogP contribution in [0.3, 0.4) is 0 Å². The van der Waals surface area contributed by atoms with Gasteiger partial charge in [-0.2, -0.15) is 17.9 Å². The van der Waals surface area contributed by atoms with Crippen LogP contribution in [-0.4, -0.2) is 69.8 Å². The number of halogens is 3.